The number of hydrogen-bond donors (Lipinski definition) is 1. The quantitative estimate of drug-likeness (QED) is 0.891. The fourth-order valence-electron chi connectivity index (χ4n) is 2.90. The Balaban J connectivity index is 2.15. The Bertz CT molecular complexity index is 501. The number of carboxylic acids is 1. The van der Waals surface area contributed by atoms with E-state index in [-0.39, 0.29) is 11.8 Å². The maximum atomic E-state index is 11.2. The van der Waals surface area contributed by atoms with Gasteiger partial charge in [0.05, 0.1) is 21.8 Å². The van der Waals surface area contributed by atoms with Crippen molar-refractivity contribution < 1.29 is 9.90 Å². The number of carboxylic acid groups (broad SMARTS) is 1. The van der Waals surface area contributed by atoms with Gasteiger partial charge in [-0.05, 0) is 35.2 Å². The van der Waals surface area contributed by atoms with E-state index < -0.39 is 5.97 Å². The molecule has 0 bridgehead atoms. The van der Waals surface area contributed by atoms with Gasteiger partial charge in [-0.1, -0.05) is 13.8 Å². The second-order valence-electron chi connectivity index (χ2n) is 5.49. The first-order valence-electron chi connectivity index (χ1n) is 7.17. The second kappa shape index (κ2) is 6.26. The summed E-state index contributed by atoms with van der Waals surface area (Å²) in [6.07, 6.45) is 0.898. The maximum absolute atomic E-state index is 11.2. The third kappa shape index (κ3) is 2.91. The Hall–Kier alpha value is -0.880. The van der Waals surface area contributed by atoms with Crippen LogP contribution < -0.4 is 0 Å². The van der Waals surface area contributed by atoms with Crippen LogP contribution in [0.25, 0.3) is 0 Å². The molecule has 0 spiro atoms. The van der Waals surface area contributed by atoms with Crippen LogP contribution >= 0.6 is 15.9 Å². The molecular weight excluding hydrogens is 322 g/mol. The molecule has 1 fully saturated rings. The van der Waals surface area contributed by atoms with Gasteiger partial charge >= 0.3 is 5.97 Å². The van der Waals surface area contributed by atoms with E-state index in [4.69, 9.17) is 0 Å². The molecule has 5 nitrogen and oxygen atoms in total. The van der Waals surface area contributed by atoms with Gasteiger partial charge in [-0.2, -0.15) is 5.10 Å². The lowest BCUT2D eigenvalue weighted by Crippen LogP contribution is -2.24. The lowest BCUT2D eigenvalue weighted by molar-refractivity contribution is -0.142. The molecule has 112 valence electrons. The first-order chi connectivity index (χ1) is 9.47. The van der Waals surface area contributed by atoms with Gasteiger partial charge in [0.25, 0.3) is 0 Å². The van der Waals surface area contributed by atoms with E-state index in [1.807, 2.05) is 11.6 Å². The second-order valence-corrected chi connectivity index (χ2v) is 6.29. The molecule has 6 heteroatoms. The Morgan fingerprint density at radius 2 is 2.15 bits per heavy atom. The van der Waals surface area contributed by atoms with Crippen molar-refractivity contribution in [2.24, 2.45) is 11.8 Å². The molecule has 1 N–H and O–H groups in total. The highest BCUT2D eigenvalue weighted by Crippen LogP contribution is 2.28. The number of carbonyl (C=O) groups is 1. The third-order valence-corrected chi connectivity index (χ3v) is 4.99. The summed E-state index contributed by atoms with van der Waals surface area (Å²) in [7, 11) is 0. The predicted octanol–water partition coefficient (Wildman–Crippen LogP) is 2.38. The highest BCUT2D eigenvalue weighted by Gasteiger charge is 2.35. The summed E-state index contributed by atoms with van der Waals surface area (Å²) >= 11 is 3.64. The van der Waals surface area contributed by atoms with Crippen LogP contribution in [0.2, 0.25) is 0 Å². The zero-order valence-electron chi connectivity index (χ0n) is 12.3. The van der Waals surface area contributed by atoms with Crippen LogP contribution in [0.3, 0.4) is 0 Å². The normalized spacial score (nSPS) is 23.4. The summed E-state index contributed by atoms with van der Waals surface area (Å²) in [6, 6.07) is 0. The van der Waals surface area contributed by atoms with Crippen molar-refractivity contribution in [3.05, 3.63) is 15.9 Å². The van der Waals surface area contributed by atoms with Crippen LogP contribution in [0, 0.1) is 11.8 Å². The van der Waals surface area contributed by atoms with Crippen molar-refractivity contribution in [2.75, 3.05) is 13.1 Å². The van der Waals surface area contributed by atoms with E-state index in [1.165, 1.54) is 0 Å². The number of aryl methyl sites for hydroxylation is 2. The zero-order valence-corrected chi connectivity index (χ0v) is 13.9. The monoisotopic (exact) mass is 343 g/mol. The van der Waals surface area contributed by atoms with Crippen molar-refractivity contribution in [3.8, 4) is 0 Å². The lowest BCUT2D eigenvalue weighted by atomic mass is 9.99. The molecule has 0 aromatic carbocycles. The molecule has 0 aliphatic carbocycles. The molecule has 2 heterocycles. The molecular formula is C14H22BrN3O2. The van der Waals surface area contributed by atoms with Gasteiger partial charge in [0.1, 0.15) is 0 Å². The van der Waals surface area contributed by atoms with Crippen molar-refractivity contribution in [1.82, 2.24) is 14.7 Å². The number of aliphatic carboxylic acids is 1. The van der Waals surface area contributed by atoms with E-state index in [0.717, 1.165) is 41.9 Å². The summed E-state index contributed by atoms with van der Waals surface area (Å²) in [6.45, 7) is 9.24. The largest absolute Gasteiger partial charge is 0.481 e. The van der Waals surface area contributed by atoms with Gasteiger partial charge in [0.15, 0.2) is 0 Å². The van der Waals surface area contributed by atoms with Crippen molar-refractivity contribution in [3.63, 3.8) is 0 Å². The minimum Gasteiger partial charge on any atom is -0.481 e. The minimum atomic E-state index is -0.683. The van der Waals surface area contributed by atoms with Crippen LogP contribution in [0.15, 0.2) is 4.47 Å². The third-order valence-electron chi connectivity index (χ3n) is 4.07. The molecule has 0 saturated carbocycles. The van der Waals surface area contributed by atoms with Gasteiger partial charge in [-0.15, -0.1) is 0 Å². The lowest BCUT2D eigenvalue weighted by Gasteiger charge is -2.16. The van der Waals surface area contributed by atoms with Gasteiger partial charge in [0, 0.05) is 26.2 Å². The Kier molecular flexibility index (Phi) is 4.86. The van der Waals surface area contributed by atoms with E-state index in [1.54, 1.807) is 0 Å². The Labute approximate surface area is 128 Å². The minimum absolute atomic E-state index is 0.204. The number of nitrogens with zero attached hydrogens (tertiary/aromatic N) is 3. The summed E-state index contributed by atoms with van der Waals surface area (Å²) in [5, 5.41) is 13.8. The molecule has 0 amide bonds. The summed E-state index contributed by atoms with van der Waals surface area (Å²) in [4.78, 5) is 13.4. The first-order valence-corrected chi connectivity index (χ1v) is 7.96. The summed E-state index contributed by atoms with van der Waals surface area (Å²) in [5.74, 6) is -0.732. The molecule has 1 aliphatic rings. The highest BCUT2D eigenvalue weighted by molar-refractivity contribution is 9.10. The van der Waals surface area contributed by atoms with Crippen LogP contribution in [0.5, 0.6) is 0 Å². The van der Waals surface area contributed by atoms with Crippen LogP contribution in [-0.4, -0.2) is 38.8 Å². The molecule has 0 radical (unpaired) electrons. The van der Waals surface area contributed by atoms with Crippen LogP contribution in [-0.2, 0) is 24.3 Å². The molecule has 1 aromatic rings. The van der Waals surface area contributed by atoms with Crippen molar-refractivity contribution in [1.29, 1.82) is 0 Å². The molecule has 1 aliphatic heterocycles. The molecule has 2 unspecified atom stereocenters. The number of halogens is 1. The van der Waals surface area contributed by atoms with E-state index in [0.29, 0.717) is 6.54 Å². The molecule has 1 saturated heterocycles. The SMILES string of the molecule is CCc1nn(CC)c(CN2CC(C)C(C(=O)O)C2)c1Br. The van der Waals surface area contributed by atoms with Crippen molar-refractivity contribution in [2.45, 2.75) is 40.3 Å². The topological polar surface area (TPSA) is 58.4 Å². The number of rotatable bonds is 5. The van der Waals surface area contributed by atoms with E-state index in [2.05, 4.69) is 39.8 Å². The average molecular weight is 344 g/mol. The fraction of sp³-hybridized carbons (Fsp3) is 0.714. The number of likely N-dealkylation sites (tertiary alicyclic amines) is 1. The predicted molar refractivity (Wildman–Crippen MR) is 80.5 cm³/mol. The molecule has 1 aromatic heterocycles. The van der Waals surface area contributed by atoms with Crippen LogP contribution in [0.1, 0.15) is 32.2 Å². The molecule has 20 heavy (non-hydrogen) atoms. The fourth-order valence-corrected chi connectivity index (χ4v) is 3.59. The highest BCUT2D eigenvalue weighted by atomic mass is 79.9. The first kappa shape index (κ1) is 15.5. The van der Waals surface area contributed by atoms with E-state index >= 15 is 0 Å². The zero-order chi connectivity index (χ0) is 14.9. The number of hydrogen-bond acceptors (Lipinski definition) is 3. The Morgan fingerprint density at radius 3 is 2.65 bits per heavy atom. The standard InChI is InChI=1S/C14H22BrN3O2/c1-4-11-13(15)12(18(5-2)16-11)8-17-6-9(3)10(7-17)14(19)20/h9-10H,4-8H2,1-3H3,(H,19,20). The smallest absolute Gasteiger partial charge is 0.308 e. The van der Waals surface area contributed by atoms with Crippen LogP contribution in [0.4, 0.5) is 0 Å². The number of aromatic nitrogens is 2. The van der Waals surface area contributed by atoms with Crippen molar-refractivity contribution >= 4 is 21.9 Å². The van der Waals surface area contributed by atoms with Gasteiger partial charge in [-0.25, -0.2) is 0 Å². The molecule has 2 atom stereocenters. The Morgan fingerprint density at radius 1 is 1.45 bits per heavy atom. The van der Waals surface area contributed by atoms with Gasteiger partial charge < -0.3 is 5.11 Å². The molecule has 2 rings (SSSR count). The van der Waals surface area contributed by atoms with E-state index in [9.17, 15) is 9.90 Å². The average Bonchev–Trinajstić information content (AvgIpc) is 2.92. The van der Waals surface area contributed by atoms with Gasteiger partial charge in [0.2, 0.25) is 0 Å². The van der Waals surface area contributed by atoms with Gasteiger partial charge in [-0.3, -0.25) is 14.4 Å². The summed E-state index contributed by atoms with van der Waals surface area (Å²) in [5.41, 5.74) is 2.23. The summed E-state index contributed by atoms with van der Waals surface area (Å²) < 4.78 is 3.09. The maximum Gasteiger partial charge on any atom is 0.308 e.